The van der Waals surface area contributed by atoms with Gasteiger partial charge in [0.15, 0.2) is 0 Å². The van der Waals surface area contributed by atoms with Gasteiger partial charge in [0.25, 0.3) is 0 Å². The maximum atomic E-state index is 10.9. The number of ether oxygens (including phenoxy) is 1. The highest BCUT2D eigenvalue weighted by molar-refractivity contribution is 5.69. The summed E-state index contributed by atoms with van der Waals surface area (Å²) in [6, 6.07) is 3.75. The van der Waals surface area contributed by atoms with Crippen molar-refractivity contribution in [3.63, 3.8) is 0 Å². The monoisotopic (exact) mass is 219 g/mol. The highest BCUT2D eigenvalue weighted by Gasteiger charge is 2.27. The number of rotatable bonds is 2. The zero-order valence-corrected chi connectivity index (χ0v) is 9.06. The molecule has 84 valence electrons. The molecule has 1 aromatic rings. The summed E-state index contributed by atoms with van der Waals surface area (Å²) in [5, 5.41) is 8.97. The van der Waals surface area contributed by atoms with Crippen LogP contribution in [0.15, 0.2) is 18.7 Å². The van der Waals surface area contributed by atoms with Gasteiger partial charge in [-0.05, 0) is 17.2 Å². The number of nitrogens with zero attached hydrogens (tertiary/aromatic N) is 1. The Balaban J connectivity index is 2.48. The third kappa shape index (κ3) is 1.52. The largest absolute Gasteiger partial charge is 0.496 e. The minimum atomic E-state index is -0.909. The van der Waals surface area contributed by atoms with Gasteiger partial charge in [0.05, 0.1) is 20.2 Å². The van der Waals surface area contributed by atoms with E-state index in [1.807, 2.05) is 12.1 Å². The van der Waals surface area contributed by atoms with Crippen LogP contribution in [-0.2, 0) is 13.1 Å². The van der Waals surface area contributed by atoms with Crippen molar-refractivity contribution in [2.24, 2.45) is 0 Å². The van der Waals surface area contributed by atoms with E-state index in [2.05, 4.69) is 6.58 Å². The highest BCUT2D eigenvalue weighted by atomic mass is 16.5. The standard InChI is InChI=1S/C12H13NO3/c1-3-8-4-5-11(16-2)10-7-13(12(14)15)6-9(8)10/h3-5H,1,6-7H2,2H3,(H,14,15). The van der Waals surface area contributed by atoms with Crippen molar-refractivity contribution >= 4 is 12.2 Å². The summed E-state index contributed by atoms with van der Waals surface area (Å²) in [7, 11) is 1.59. The van der Waals surface area contributed by atoms with Crippen molar-refractivity contribution in [3.8, 4) is 5.75 Å². The first kappa shape index (κ1) is 10.5. The van der Waals surface area contributed by atoms with Crippen LogP contribution in [0.4, 0.5) is 4.79 Å². The van der Waals surface area contributed by atoms with E-state index in [0.717, 1.165) is 22.4 Å². The Morgan fingerprint density at radius 2 is 2.19 bits per heavy atom. The summed E-state index contributed by atoms with van der Waals surface area (Å²) in [6.07, 6.45) is 0.831. The number of amides is 1. The average molecular weight is 219 g/mol. The third-order valence-corrected chi connectivity index (χ3v) is 2.83. The second kappa shape index (κ2) is 3.89. The second-order valence-corrected chi connectivity index (χ2v) is 3.66. The normalized spacial score (nSPS) is 13.4. The van der Waals surface area contributed by atoms with Crippen molar-refractivity contribution in [2.75, 3.05) is 7.11 Å². The van der Waals surface area contributed by atoms with Gasteiger partial charge in [-0.15, -0.1) is 0 Å². The number of carboxylic acid groups (broad SMARTS) is 1. The Hall–Kier alpha value is -1.97. The maximum absolute atomic E-state index is 10.9. The second-order valence-electron chi connectivity index (χ2n) is 3.66. The molecule has 1 aliphatic rings. The van der Waals surface area contributed by atoms with Crippen LogP contribution in [0.3, 0.4) is 0 Å². The summed E-state index contributed by atoms with van der Waals surface area (Å²) in [4.78, 5) is 12.3. The van der Waals surface area contributed by atoms with Crippen LogP contribution >= 0.6 is 0 Å². The van der Waals surface area contributed by atoms with E-state index >= 15 is 0 Å². The smallest absolute Gasteiger partial charge is 0.407 e. The summed E-state index contributed by atoms with van der Waals surface area (Å²) >= 11 is 0. The maximum Gasteiger partial charge on any atom is 0.407 e. The lowest BCUT2D eigenvalue weighted by molar-refractivity contribution is 0.145. The molecule has 0 radical (unpaired) electrons. The van der Waals surface area contributed by atoms with Gasteiger partial charge in [0.2, 0.25) is 0 Å². The number of benzene rings is 1. The molecular formula is C12H13NO3. The zero-order chi connectivity index (χ0) is 11.7. The van der Waals surface area contributed by atoms with Crippen LogP contribution in [0.5, 0.6) is 5.75 Å². The first-order chi connectivity index (χ1) is 7.67. The summed E-state index contributed by atoms with van der Waals surface area (Å²) < 4.78 is 5.23. The van der Waals surface area contributed by atoms with Crippen LogP contribution < -0.4 is 4.74 Å². The molecule has 1 aromatic carbocycles. The molecule has 0 aliphatic carbocycles. The first-order valence-electron chi connectivity index (χ1n) is 4.96. The molecule has 0 atom stereocenters. The van der Waals surface area contributed by atoms with Crippen molar-refractivity contribution in [1.82, 2.24) is 4.90 Å². The van der Waals surface area contributed by atoms with E-state index in [1.165, 1.54) is 4.90 Å². The van der Waals surface area contributed by atoms with E-state index in [1.54, 1.807) is 13.2 Å². The summed E-state index contributed by atoms with van der Waals surface area (Å²) in [6.45, 7) is 4.52. The number of hydrogen-bond acceptors (Lipinski definition) is 2. The number of fused-ring (bicyclic) bond motifs is 1. The molecule has 4 heteroatoms. The molecule has 16 heavy (non-hydrogen) atoms. The van der Waals surface area contributed by atoms with Crippen LogP contribution in [0.2, 0.25) is 0 Å². The van der Waals surface area contributed by atoms with Crippen molar-refractivity contribution in [2.45, 2.75) is 13.1 Å². The van der Waals surface area contributed by atoms with E-state index in [0.29, 0.717) is 13.1 Å². The molecule has 4 nitrogen and oxygen atoms in total. The SMILES string of the molecule is C=Cc1ccc(OC)c2c1CN(C(=O)O)C2. The Kier molecular flexibility index (Phi) is 2.56. The molecule has 1 aliphatic heterocycles. The van der Waals surface area contributed by atoms with Crippen LogP contribution in [0, 0.1) is 0 Å². The van der Waals surface area contributed by atoms with Crippen LogP contribution in [0.25, 0.3) is 6.08 Å². The fraction of sp³-hybridized carbons (Fsp3) is 0.250. The number of hydrogen-bond donors (Lipinski definition) is 1. The molecule has 0 aromatic heterocycles. The highest BCUT2D eigenvalue weighted by Crippen LogP contribution is 2.33. The van der Waals surface area contributed by atoms with Crippen LogP contribution in [0.1, 0.15) is 16.7 Å². The molecule has 1 N–H and O–H groups in total. The van der Waals surface area contributed by atoms with Gasteiger partial charge in [0.1, 0.15) is 5.75 Å². The van der Waals surface area contributed by atoms with Gasteiger partial charge >= 0.3 is 6.09 Å². The molecular weight excluding hydrogens is 206 g/mol. The summed E-state index contributed by atoms with van der Waals surface area (Å²) in [5.74, 6) is 0.740. The fourth-order valence-electron chi connectivity index (χ4n) is 2.01. The van der Waals surface area contributed by atoms with Crippen molar-refractivity contribution in [1.29, 1.82) is 0 Å². The molecule has 2 rings (SSSR count). The molecule has 1 heterocycles. The Morgan fingerprint density at radius 1 is 1.50 bits per heavy atom. The quantitative estimate of drug-likeness (QED) is 0.830. The van der Waals surface area contributed by atoms with E-state index < -0.39 is 6.09 Å². The van der Waals surface area contributed by atoms with E-state index in [9.17, 15) is 4.79 Å². The molecule has 0 saturated carbocycles. The molecule has 1 amide bonds. The Morgan fingerprint density at radius 3 is 2.75 bits per heavy atom. The Labute approximate surface area is 93.8 Å². The zero-order valence-electron chi connectivity index (χ0n) is 9.06. The molecule has 0 unspecified atom stereocenters. The van der Waals surface area contributed by atoms with E-state index in [-0.39, 0.29) is 0 Å². The van der Waals surface area contributed by atoms with Gasteiger partial charge in [-0.2, -0.15) is 0 Å². The van der Waals surface area contributed by atoms with Crippen LogP contribution in [-0.4, -0.2) is 23.2 Å². The molecule has 0 spiro atoms. The minimum absolute atomic E-state index is 0.384. The van der Waals surface area contributed by atoms with Gasteiger partial charge in [-0.3, -0.25) is 4.90 Å². The lowest BCUT2D eigenvalue weighted by Gasteiger charge is -2.09. The van der Waals surface area contributed by atoms with Gasteiger partial charge in [-0.25, -0.2) is 4.79 Å². The molecule has 0 bridgehead atoms. The van der Waals surface area contributed by atoms with Gasteiger partial charge in [-0.1, -0.05) is 18.7 Å². The lowest BCUT2D eigenvalue weighted by atomic mass is 10.0. The predicted octanol–water partition coefficient (Wildman–Crippen LogP) is 2.33. The lowest BCUT2D eigenvalue weighted by Crippen LogP contribution is -2.22. The van der Waals surface area contributed by atoms with Gasteiger partial charge in [0, 0.05) is 5.56 Å². The third-order valence-electron chi connectivity index (χ3n) is 2.83. The van der Waals surface area contributed by atoms with Crippen molar-refractivity contribution < 1.29 is 14.6 Å². The number of methoxy groups -OCH3 is 1. The topological polar surface area (TPSA) is 49.8 Å². The number of carbonyl (C=O) groups is 1. The predicted molar refractivity (Wildman–Crippen MR) is 60.4 cm³/mol. The molecule has 0 fully saturated rings. The summed E-state index contributed by atoms with van der Waals surface area (Å²) in [5.41, 5.74) is 2.92. The molecule has 0 saturated heterocycles. The average Bonchev–Trinajstić information content (AvgIpc) is 2.72. The van der Waals surface area contributed by atoms with Crippen molar-refractivity contribution in [3.05, 3.63) is 35.4 Å². The fourth-order valence-corrected chi connectivity index (χ4v) is 2.01. The van der Waals surface area contributed by atoms with Gasteiger partial charge < -0.3 is 9.84 Å². The first-order valence-corrected chi connectivity index (χ1v) is 4.96. The minimum Gasteiger partial charge on any atom is -0.496 e. The van der Waals surface area contributed by atoms with E-state index in [4.69, 9.17) is 9.84 Å². The Bertz CT molecular complexity index is 454.